The Morgan fingerprint density at radius 2 is 1.37 bits per heavy atom. The zero-order chi connectivity index (χ0) is 19.3. The molecule has 3 rings (SSSR count). The number of carbonyl (C=O) groups excluding carboxylic acids is 1. The average molecular weight is 378 g/mol. The minimum absolute atomic E-state index is 0.0105. The van der Waals surface area contributed by atoms with Crippen molar-refractivity contribution in [2.45, 2.75) is 4.90 Å². The van der Waals surface area contributed by atoms with Crippen LogP contribution in [0, 0.1) is 0 Å². The van der Waals surface area contributed by atoms with Crippen LogP contribution in [0.25, 0.3) is 11.6 Å². The van der Waals surface area contributed by atoms with Crippen molar-refractivity contribution in [1.29, 1.82) is 0 Å². The van der Waals surface area contributed by atoms with Gasteiger partial charge in [-0.1, -0.05) is 60.7 Å². The van der Waals surface area contributed by atoms with Gasteiger partial charge >= 0.3 is 0 Å². The zero-order valence-corrected chi connectivity index (χ0v) is 15.2. The lowest BCUT2D eigenvalue weighted by Crippen LogP contribution is -2.15. The molecule has 0 fully saturated rings. The average Bonchev–Trinajstić information content (AvgIpc) is 2.67. The summed E-state index contributed by atoms with van der Waals surface area (Å²) in [5, 5.41) is 7.89. The fourth-order valence-electron chi connectivity index (χ4n) is 2.54. The van der Waals surface area contributed by atoms with Crippen LogP contribution >= 0.6 is 0 Å². The molecule has 0 aliphatic rings. The van der Waals surface area contributed by atoms with Crippen molar-refractivity contribution in [3.05, 3.63) is 96.1 Å². The van der Waals surface area contributed by atoms with Gasteiger partial charge in [0.2, 0.25) is 10.0 Å². The highest BCUT2D eigenvalue weighted by Gasteiger charge is 2.13. The third-order valence-corrected chi connectivity index (χ3v) is 4.81. The highest BCUT2D eigenvalue weighted by atomic mass is 32.2. The third kappa shape index (κ3) is 4.91. The SMILES string of the molecule is NS(=O)(=O)c1ccc(NC(=O)C(=Cc2ccccc2)c2ccccc2)cc1. The van der Waals surface area contributed by atoms with Gasteiger partial charge in [-0.3, -0.25) is 4.79 Å². The number of sulfonamides is 1. The van der Waals surface area contributed by atoms with Crippen LogP contribution in [0.2, 0.25) is 0 Å². The molecule has 5 nitrogen and oxygen atoms in total. The minimum atomic E-state index is -3.77. The van der Waals surface area contributed by atoms with Crippen molar-refractivity contribution in [2.75, 3.05) is 5.32 Å². The summed E-state index contributed by atoms with van der Waals surface area (Å²) in [6, 6.07) is 24.6. The van der Waals surface area contributed by atoms with E-state index in [1.165, 1.54) is 24.3 Å². The van der Waals surface area contributed by atoms with Crippen LogP contribution in [0.15, 0.2) is 89.8 Å². The van der Waals surface area contributed by atoms with Gasteiger partial charge in [0.25, 0.3) is 5.91 Å². The van der Waals surface area contributed by atoms with Gasteiger partial charge in [-0.25, -0.2) is 13.6 Å². The van der Waals surface area contributed by atoms with Gasteiger partial charge in [0, 0.05) is 11.3 Å². The number of hydrogen-bond acceptors (Lipinski definition) is 3. The highest BCUT2D eigenvalue weighted by molar-refractivity contribution is 7.89. The van der Waals surface area contributed by atoms with Crippen LogP contribution < -0.4 is 10.5 Å². The molecule has 3 aromatic rings. The van der Waals surface area contributed by atoms with E-state index in [9.17, 15) is 13.2 Å². The van der Waals surface area contributed by atoms with E-state index in [0.717, 1.165) is 11.1 Å². The summed E-state index contributed by atoms with van der Waals surface area (Å²) in [5.41, 5.74) is 2.65. The Hall–Kier alpha value is -3.22. The number of anilines is 1. The Kier molecular flexibility index (Phi) is 5.49. The Morgan fingerprint density at radius 3 is 1.93 bits per heavy atom. The standard InChI is InChI=1S/C21H18N2O3S/c22-27(25,26)19-13-11-18(12-14-19)23-21(24)20(17-9-5-2-6-10-17)15-16-7-3-1-4-8-16/h1-15H,(H,23,24)(H2,22,25,26). The minimum Gasteiger partial charge on any atom is -0.322 e. The molecule has 0 unspecified atom stereocenters. The van der Waals surface area contributed by atoms with Crippen molar-refractivity contribution in [2.24, 2.45) is 5.14 Å². The summed E-state index contributed by atoms with van der Waals surface area (Å²) >= 11 is 0. The van der Waals surface area contributed by atoms with Gasteiger partial charge in [-0.05, 0) is 41.5 Å². The molecule has 3 N–H and O–H groups in total. The molecule has 0 spiro atoms. The summed E-state index contributed by atoms with van der Waals surface area (Å²) < 4.78 is 22.7. The van der Waals surface area contributed by atoms with E-state index in [-0.39, 0.29) is 10.8 Å². The predicted molar refractivity (Wildman–Crippen MR) is 107 cm³/mol. The Bertz CT molecular complexity index is 1060. The van der Waals surface area contributed by atoms with E-state index in [2.05, 4.69) is 5.32 Å². The van der Waals surface area contributed by atoms with Gasteiger partial charge in [0.05, 0.1) is 4.90 Å². The number of amides is 1. The first kappa shape index (κ1) is 18.6. The normalized spacial score (nSPS) is 11.8. The second-order valence-electron chi connectivity index (χ2n) is 5.86. The quantitative estimate of drug-likeness (QED) is 0.526. The first-order chi connectivity index (χ1) is 12.9. The fourth-order valence-corrected chi connectivity index (χ4v) is 3.06. The molecule has 27 heavy (non-hydrogen) atoms. The van der Waals surface area contributed by atoms with Gasteiger partial charge in [-0.15, -0.1) is 0 Å². The summed E-state index contributed by atoms with van der Waals surface area (Å²) in [7, 11) is -3.77. The highest BCUT2D eigenvalue weighted by Crippen LogP contribution is 2.21. The van der Waals surface area contributed by atoms with Crippen molar-refractivity contribution in [3.8, 4) is 0 Å². The van der Waals surface area contributed by atoms with Gasteiger partial charge < -0.3 is 5.32 Å². The predicted octanol–water partition coefficient (Wildman–Crippen LogP) is 3.51. The van der Waals surface area contributed by atoms with Crippen LogP contribution in [0.3, 0.4) is 0 Å². The second-order valence-corrected chi connectivity index (χ2v) is 7.42. The number of nitrogens with one attached hydrogen (secondary N) is 1. The van der Waals surface area contributed by atoms with Crippen LogP contribution in [-0.2, 0) is 14.8 Å². The molecule has 0 bridgehead atoms. The van der Waals surface area contributed by atoms with Gasteiger partial charge in [0.15, 0.2) is 0 Å². The van der Waals surface area contributed by atoms with E-state index in [4.69, 9.17) is 5.14 Å². The van der Waals surface area contributed by atoms with E-state index >= 15 is 0 Å². The lowest BCUT2D eigenvalue weighted by atomic mass is 10.0. The smallest absolute Gasteiger partial charge is 0.256 e. The molecule has 6 heteroatoms. The first-order valence-electron chi connectivity index (χ1n) is 8.20. The number of primary sulfonamides is 1. The largest absolute Gasteiger partial charge is 0.322 e. The fraction of sp³-hybridized carbons (Fsp3) is 0. The van der Waals surface area contributed by atoms with Gasteiger partial charge in [0.1, 0.15) is 0 Å². The summed E-state index contributed by atoms with van der Waals surface area (Å²) in [4.78, 5) is 12.9. The van der Waals surface area contributed by atoms with Gasteiger partial charge in [-0.2, -0.15) is 0 Å². The molecule has 0 atom stereocenters. The van der Waals surface area contributed by atoms with Crippen molar-refractivity contribution in [1.82, 2.24) is 0 Å². The maximum Gasteiger partial charge on any atom is 0.256 e. The molecule has 0 aliphatic carbocycles. The van der Waals surface area contributed by atoms with Crippen LogP contribution in [0.5, 0.6) is 0 Å². The summed E-state index contributed by atoms with van der Waals surface area (Å²) in [5.74, 6) is -0.298. The maximum atomic E-state index is 12.9. The van der Waals surface area contributed by atoms with Crippen molar-refractivity contribution >= 4 is 33.3 Å². The van der Waals surface area contributed by atoms with E-state index in [1.807, 2.05) is 66.7 Å². The Balaban J connectivity index is 1.91. The molecule has 0 heterocycles. The number of hydrogen-bond donors (Lipinski definition) is 2. The monoisotopic (exact) mass is 378 g/mol. The molecule has 3 aromatic carbocycles. The molecular formula is C21H18N2O3S. The number of rotatable bonds is 5. The summed E-state index contributed by atoms with van der Waals surface area (Å²) in [6.07, 6.45) is 1.81. The molecule has 0 saturated carbocycles. The second kappa shape index (κ2) is 7.99. The Morgan fingerprint density at radius 1 is 0.815 bits per heavy atom. The molecule has 136 valence electrons. The van der Waals surface area contributed by atoms with E-state index < -0.39 is 10.0 Å². The van der Waals surface area contributed by atoms with E-state index in [1.54, 1.807) is 0 Å². The maximum absolute atomic E-state index is 12.9. The number of nitrogens with two attached hydrogens (primary N) is 1. The van der Waals surface area contributed by atoms with Crippen molar-refractivity contribution < 1.29 is 13.2 Å². The van der Waals surface area contributed by atoms with E-state index in [0.29, 0.717) is 11.3 Å². The van der Waals surface area contributed by atoms with Crippen LogP contribution in [0.4, 0.5) is 5.69 Å². The molecule has 0 saturated heterocycles. The number of benzene rings is 3. The van der Waals surface area contributed by atoms with Crippen LogP contribution in [-0.4, -0.2) is 14.3 Å². The molecule has 0 aromatic heterocycles. The molecule has 0 radical (unpaired) electrons. The lowest BCUT2D eigenvalue weighted by molar-refractivity contribution is -0.111. The van der Waals surface area contributed by atoms with Crippen molar-refractivity contribution in [3.63, 3.8) is 0 Å². The molecule has 0 aliphatic heterocycles. The lowest BCUT2D eigenvalue weighted by Gasteiger charge is -2.10. The third-order valence-electron chi connectivity index (χ3n) is 3.88. The number of carbonyl (C=O) groups is 1. The summed E-state index contributed by atoms with van der Waals surface area (Å²) in [6.45, 7) is 0. The molecular weight excluding hydrogens is 360 g/mol. The topological polar surface area (TPSA) is 89.3 Å². The first-order valence-corrected chi connectivity index (χ1v) is 9.74. The zero-order valence-electron chi connectivity index (χ0n) is 14.4. The Labute approximate surface area is 158 Å². The molecule has 1 amide bonds. The van der Waals surface area contributed by atoms with Crippen LogP contribution in [0.1, 0.15) is 11.1 Å².